The van der Waals surface area contributed by atoms with Crippen molar-refractivity contribution < 1.29 is 4.79 Å². The van der Waals surface area contributed by atoms with Crippen LogP contribution in [-0.4, -0.2) is 6.03 Å². The van der Waals surface area contributed by atoms with E-state index in [1.807, 2.05) is 62.4 Å². The molecule has 0 aromatic heterocycles. The second-order valence-electron chi connectivity index (χ2n) is 4.34. The molecular weight excluding hydrogens is 224 g/mol. The van der Waals surface area contributed by atoms with Crippen molar-refractivity contribution >= 4 is 17.4 Å². The summed E-state index contributed by atoms with van der Waals surface area (Å²) in [6, 6.07) is 14.9. The number of carbonyl (C=O) groups is 1. The fourth-order valence-electron chi connectivity index (χ4n) is 1.79. The Morgan fingerprint density at radius 3 is 1.44 bits per heavy atom. The normalized spacial score (nSPS) is 10.1. The highest BCUT2D eigenvalue weighted by atomic mass is 16.2. The van der Waals surface area contributed by atoms with Crippen LogP contribution in [0.3, 0.4) is 0 Å². The summed E-state index contributed by atoms with van der Waals surface area (Å²) in [7, 11) is 0. The van der Waals surface area contributed by atoms with Crippen LogP contribution in [0.2, 0.25) is 0 Å². The Bertz CT molecular complexity index is 498. The van der Waals surface area contributed by atoms with Gasteiger partial charge in [-0.3, -0.25) is 4.90 Å². The molecule has 0 fully saturated rings. The largest absolute Gasteiger partial charge is 0.351 e. The Hall–Kier alpha value is -2.29. The van der Waals surface area contributed by atoms with Crippen molar-refractivity contribution in [2.75, 3.05) is 4.90 Å². The van der Waals surface area contributed by atoms with Gasteiger partial charge in [0, 0.05) is 0 Å². The van der Waals surface area contributed by atoms with E-state index in [9.17, 15) is 4.79 Å². The van der Waals surface area contributed by atoms with Crippen molar-refractivity contribution in [3.8, 4) is 0 Å². The minimum atomic E-state index is -0.484. The lowest BCUT2D eigenvalue weighted by atomic mass is 10.2. The van der Waals surface area contributed by atoms with Crippen LogP contribution in [0, 0.1) is 13.8 Å². The quantitative estimate of drug-likeness (QED) is 0.857. The maximum atomic E-state index is 11.6. The van der Waals surface area contributed by atoms with Gasteiger partial charge in [-0.2, -0.15) is 0 Å². The lowest BCUT2D eigenvalue weighted by molar-refractivity contribution is 0.256. The smallest absolute Gasteiger partial charge is 0.323 e. The minimum Gasteiger partial charge on any atom is -0.351 e. The lowest BCUT2D eigenvalue weighted by Gasteiger charge is -2.21. The van der Waals surface area contributed by atoms with Gasteiger partial charge in [0.1, 0.15) is 0 Å². The Morgan fingerprint density at radius 2 is 1.17 bits per heavy atom. The summed E-state index contributed by atoms with van der Waals surface area (Å²) in [5, 5.41) is 0. The summed E-state index contributed by atoms with van der Waals surface area (Å²) in [6.07, 6.45) is 0. The van der Waals surface area contributed by atoms with E-state index >= 15 is 0 Å². The maximum Gasteiger partial charge on any atom is 0.323 e. The summed E-state index contributed by atoms with van der Waals surface area (Å²) >= 11 is 0. The Kier molecular flexibility index (Phi) is 3.33. The van der Waals surface area contributed by atoms with Gasteiger partial charge in [-0.25, -0.2) is 4.79 Å². The van der Waals surface area contributed by atoms with Crippen molar-refractivity contribution in [3.63, 3.8) is 0 Å². The van der Waals surface area contributed by atoms with E-state index in [4.69, 9.17) is 5.73 Å². The zero-order chi connectivity index (χ0) is 13.1. The van der Waals surface area contributed by atoms with Crippen molar-refractivity contribution in [2.45, 2.75) is 13.8 Å². The molecule has 0 saturated heterocycles. The first-order valence-corrected chi connectivity index (χ1v) is 5.81. The molecule has 2 N–H and O–H groups in total. The average Bonchev–Trinajstić information content (AvgIpc) is 2.34. The van der Waals surface area contributed by atoms with Gasteiger partial charge >= 0.3 is 6.03 Å². The van der Waals surface area contributed by atoms with Crippen LogP contribution < -0.4 is 10.6 Å². The highest BCUT2D eigenvalue weighted by molar-refractivity contribution is 5.98. The topological polar surface area (TPSA) is 46.3 Å². The summed E-state index contributed by atoms with van der Waals surface area (Å²) in [6.45, 7) is 4.01. The number of hydrogen-bond acceptors (Lipinski definition) is 1. The van der Waals surface area contributed by atoms with E-state index in [2.05, 4.69) is 0 Å². The van der Waals surface area contributed by atoms with E-state index in [1.165, 1.54) is 4.90 Å². The zero-order valence-electron chi connectivity index (χ0n) is 10.6. The van der Waals surface area contributed by atoms with Gasteiger partial charge in [-0.15, -0.1) is 0 Å². The second-order valence-corrected chi connectivity index (χ2v) is 4.34. The summed E-state index contributed by atoms with van der Waals surface area (Å²) in [4.78, 5) is 13.1. The number of aryl methyl sites for hydroxylation is 2. The monoisotopic (exact) mass is 240 g/mol. The van der Waals surface area contributed by atoms with Crippen LogP contribution in [-0.2, 0) is 0 Å². The molecule has 2 amide bonds. The number of nitrogens with two attached hydrogens (primary N) is 1. The molecule has 2 rings (SSSR count). The third-order valence-electron chi connectivity index (χ3n) is 2.80. The molecule has 0 aliphatic rings. The first-order chi connectivity index (χ1) is 8.58. The first-order valence-electron chi connectivity index (χ1n) is 5.81. The molecule has 0 aliphatic carbocycles. The fourth-order valence-corrected chi connectivity index (χ4v) is 1.79. The number of hydrogen-bond donors (Lipinski definition) is 1. The van der Waals surface area contributed by atoms with Crippen molar-refractivity contribution in [1.29, 1.82) is 0 Å². The summed E-state index contributed by atoms with van der Waals surface area (Å²) < 4.78 is 0. The summed E-state index contributed by atoms with van der Waals surface area (Å²) in [5.41, 5.74) is 9.30. The predicted molar refractivity (Wildman–Crippen MR) is 74.1 cm³/mol. The third kappa shape index (κ3) is 2.51. The molecule has 92 valence electrons. The SMILES string of the molecule is Cc1ccc(N(C(N)=O)c2ccc(C)cc2)cc1. The van der Waals surface area contributed by atoms with Crippen molar-refractivity contribution in [3.05, 3.63) is 59.7 Å². The Labute approximate surface area is 107 Å². The molecule has 0 aliphatic heterocycles. The molecule has 0 bridgehead atoms. The van der Waals surface area contributed by atoms with Crippen LogP contribution in [0.15, 0.2) is 48.5 Å². The highest BCUT2D eigenvalue weighted by Crippen LogP contribution is 2.25. The van der Waals surface area contributed by atoms with Crippen LogP contribution >= 0.6 is 0 Å². The molecule has 0 saturated carbocycles. The lowest BCUT2D eigenvalue weighted by Crippen LogP contribution is -2.31. The molecule has 3 heteroatoms. The summed E-state index contributed by atoms with van der Waals surface area (Å²) in [5.74, 6) is 0. The van der Waals surface area contributed by atoms with Crippen molar-refractivity contribution in [1.82, 2.24) is 0 Å². The van der Waals surface area contributed by atoms with Crippen LogP contribution in [0.5, 0.6) is 0 Å². The third-order valence-corrected chi connectivity index (χ3v) is 2.80. The molecule has 0 heterocycles. The van der Waals surface area contributed by atoms with Crippen LogP contribution in [0.4, 0.5) is 16.2 Å². The van der Waals surface area contributed by atoms with Crippen LogP contribution in [0.25, 0.3) is 0 Å². The number of amides is 2. The molecule has 3 nitrogen and oxygen atoms in total. The van der Waals surface area contributed by atoms with Crippen molar-refractivity contribution in [2.24, 2.45) is 5.73 Å². The first kappa shape index (κ1) is 12.2. The molecule has 0 atom stereocenters. The number of primary amides is 1. The number of nitrogens with zero attached hydrogens (tertiary/aromatic N) is 1. The van der Waals surface area contributed by atoms with Gasteiger partial charge in [0.05, 0.1) is 11.4 Å². The molecule has 2 aromatic rings. The van der Waals surface area contributed by atoms with E-state index in [1.54, 1.807) is 0 Å². The molecule has 2 aromatic carbocycles. The van der Waals surface area contributed by atoms with E-state index in [-0.39, 0.29) is 0 Å². The van der Waals surface area contributed by atoms with Gasteiger partial charge < -0.3 is 5.73 Å². The number of carbonyl (C=O) groups excluding carboxylic acids is 1. The van der Waals surface area contributed by atoms with Gasteiger partial charge in [0.25, 0.3) is 0 Å². The van der Waals surface area contributed by atoms with Gasteiger partial charge in [-0.1, -0.05) is 35.4 Å². The number of urea groups is 1. The number of anilines is 2. The minimum absolute atomic E-state index is 0.484. The molecule has 18 heavy (non-hydrogen) atoms. The van der Waals surface area contributed by atoms with Gasteiger partial charge in [-0.05, 0) is 38.1 Å². The molecule has 0 unspecified atom stereocenters. The Balaban J connectivity index is 2.43. The predicted octanol–water partition coefficient (Wildman–Crippen LogP) is 3.52. The molecule has 0 radical (unpaired) electrons. The molecule has 0 spiro atoms. The van der Waals surface area contributed by atoms with Gasteiger partial charge in [0.2, 0.25) is 0 Å². The van der Waals surface area contributed by atoms with Crippen LogP contribution in [0.1, 0.15) is 11.1 Å². The number of benzene rings is 2. The van der Waals surface area contributed by atoms with E-state index in [0.29, 0.717) is 0 Å². The fraction of sp³-hybridized carbons (Fsp3) is 0.133. The Morgan fingerprint density at radius 1 is 0.833 bits per heavy atom. The average molecular weight is 240 g/mol. The zero-order valence-corrected chi connectivity index (χ0v) is 10.6. The standard InChI is InChI=1S/C15H16N2O/c1-11-3-7-13(8-4-11)17(15(16)18)14-9-5-12(2)6-10-14/h3-10H,1-2H3,(H2,16,18). The molecular formula is C15H16N2O. The van der Waals surface area contributed by atoms with Gasteiger partial charge in [0.15, 0.2) is 0 Å². The maximum absolute atomic E-state index is 11.6. The van der Waals surface area contributed by atoms with E-state index < -0.39 is 6.03 Å². The second kappa shape index (κ2) is 4.92. The highest BCUT2D eigenvalue weighted by Gasteiger charge is 2.14. The van der Waals surface area contributed by atoms with E-state index in [0.717, 1.165) is 22.5 Å². The number of rotatable bonds is 2.